The van der Waals surface area contributed by atoms with Crippen LogP contribution in [-0.4, -0.2) is 24.1 Å². The topological polar surface area (TPSA) is 77.5 Å². The van der Waals surface area contributed by atoms with Crippen molar-refractivity contribution >= 4 is 17.5 Å². The smallest absolute Gasteiger partial charge is 0.545 e. The standard InChI is InChI=1S/C24H21F2N3O3.K/c25-18-6-1-15(13-19(18)26)14-29-11-12-32-20-7-10-27-22(21(20)29)28-24(8-9-24)17-4-2-16(3-5-17)23(30)31;/h1-7,10,13H,8-9,11-12,14H2,(H,27,28)(H,30,31);/q;+1/p-1. The molecule has 1 aliphatic carbocycles. The van der Waals surface area contributed by atoms with Crippen molar-refractivity contribution in [3.63, 3.8) is 0 Å². The first-order valence-electron chi connectivity index (χ1n) is 10.4. The average Bonchev–Trinajstić information content (AvgIpc) is 3.57. The number of pyridine rings is 1. The van der Waals surface area contributed by atoms with Crippen LogP contribution in [0.25, 0.3) is 0 Å². The first-order chi connectivity index (χ1) is 15.4. The van der Waals surface area contributed by atoms with Gasteiger partial charge in [0.25, 0.3) is 0 Å². The maximum Gasteiger partial charge on any atom is 1.00 e. The normalized spacial score (nSPS) is 15.6. The van der Waals surface area contributed by atoms with Gasteiger partial charge in [-0.2, -0.15) is 0 Å². The van der Waals surface area contributed by atoms with Gasteiger partial charge in [0, 0.05) is 18.8 Å². The summed E-state index contributed by atoms with van der Waals surface area (Å²) in [7, 11) is 0. The van der Waals surface area contributed by atoms with Gasteiger partial charge >= 0.3 is 51.4 Å². The number of carbonyl (C=O) groups excluding carboxylic acids is 1. The van der Waals surface area contributed by atoms with Gasteiger partial charge in [-0.25, -0.2) is 13.8 Å². The number of halogens is 2. The number of nitrogens with one attached hydrogen (secondary N) is 1. The van der Waals surface area contributed by atoms with Gasteiger partial charge in [-0.1, -0.05) is 30.3 Å². The molecular formula is C24H20F2KN3O3. The Kier molecular flexibility index (Phi) is 7.06. The van der Waals surface area contributed by atoms with Gasteiger partial charge in [0.05, 0.1) is 18.1 Å². The number of nitrogens with zero attached hydrogens (tertiary/aromatic N) is 2. The summed E-state index contributed by atoms with van der Waals surface area (Å²) < 4.78 is 32.9. The molecule has 9 heteroatoms. The van der Waals surface area contributed by atoms with E-state index in [1.54, 1.807) is 42.6 Å². The Hall–Kier alpha value is -2.04. The molecule has 2 heterocycles. The molecule has 0 unspecified atom stereocenters. The summed E-state index contributed by atoms with van der Waals surface area (Å²) >= 11 is 0. The molecule has 2 aromatic carbocycles. The SMILES string of the molecule is O=C([O-])c1ccc(C2(Nc3nccc4c3N(Cc3ccc(F)c(F)c3)CCO4)CC2)cc1.[K+]. The minimum absolute atomic E-state index is 0. The Morgan fingerprint density at radius 1 is 1.12 bits per heavy atom. The Labute approximate surface area is 232 Å². The Morgan fingerprint density at radius 3 is 2.55 bits per heavy atom. The van der Waals surface area contributed by atoms with Crippen LogP contribution >= 0.6 is 0 Å². The Bertz CT molecular complexity index is 1190. The summed E-state index contributed by atoms with van der Waals surface area (Å²) in [6.45, 7) is 1.41. The van der Waals surface area contributed by atoms with E-state index < -0.39 is 17.6 Å². The number of anilines is 2. The average molecular weight is 476 g/mol. The van der Waals surface area contributed by atoms with E-state index in [9.17, 15) is 18.7 Å². The molecule has 0 radical (unpaired) electrons. The van der Waals surface area contributed by atoms with Crippen LogP contribution in [-0.2, 0) is 12.1 Å². The predicted molar refractivity (Wildman–Crippen MR) is 112 cm³/mol. The largest absolute Gasteiger partial charge is 1.00 e. The fourth-order valence-corrected chi connectivity index (χ4v) is 4.11. The number of aromatic carboxylic acids is 1. The first-order valence-corrected chi connectivity index (χ1v) is 10.4. The van der Waals surface area contributed by atoms with Crippen molar-refractivity contribution in [2.75, 3.05) is 23.4 Å². The van der Waals surface area contributed by atoms with E-state index in [1.165, 1.54) is 6.07 Å². The first kappa shape index (κ1) is 24.1. The molecule has 5 rings (SSSR count). The molecule has 1 N–H and O–H groups in total. The van der Waals surface area contributed by atoms with E-state index in [2.05, 4.69) is 10.3 Å². The molecule has 0 spiro atoms. The zero-order valence-electron chi connectivity index (χ0n) is 18.1. The molecule has 3 aromatic rings. The second-order valence-corrected chi connectivity index (χ2v) is 8.10. The van der Waals surface area contributed by atoms with Crippen LogP contribution in [0.1, 0.15) is 34.3 Å². The summed E-state index contributed by atoms with van der Waals surface area (Å²) in [5.74, 6) is -1.66. The molecule has 164 valence electrons. The molecular weight excluding hydrogens is 455 g/mol. The van der Waals surface area contributed by atoms with Crippen LogP contribution in [0.2, 0.25) is 0 Å². The summed E-state index contributed by atoms with van der Waals surface area (Å²) in [4.78, 5) is 17.6. The van der Waals surface area contributed by atoms with Crippen molar-refractivity contribution in [1.82, 2.24) is 4.98 Å². The van der Waals surface area contributed by atoms with Crippen LogP contribution in [0.5, 0.6) is 5.75 Å². The third kappa shape index (κ3) is 4.92. The van der Waals surface area contributed by atoms with Gasteiger partial charge in [0.1, 0.15) is 18.0 Å². The van der Waals surface area contributed by atoms with Crippen molar-refractivity contribution < 1.29 is 74.8 Å². The predicted octanol–water partition coefficient (Wildman–Crippen LogP) is 0.227. The number of benzene rings is 2. The maximum absolute atomic E-state index is 13.7. The van der Waals surface area contributed by atoms with Crippen molar-refractivity contribution in [2.45, 2.75) is 24.9 Å². The van der Waals surface area contributed by atoms with Gasteiger partial charge in [0.2, 0.25) is 0 Å². The molecule has 0 atom stereocenters. The van der Waals surface area contributed by atoms with Gasteiger partial charge in [-0.3, -0.25) is 0 Å². The van der Waals surface area contributed by atoms with Crippen LogP contribution < -0.4 is 71.4 Å². The minimum Gasteiger partial charge on any atom is -0.545 e. The van der Waals surface area contributed by atoms with Gasteiger partial charge in [-0.05, 0) is 41.7 Å². The molecule has 0 bridgehead atoms. The number of rotatable bonds is 6. The van der Waals surface area contributed by atoms with Crippen LogP contribution in [0, 0.1) is 11.6 Å². The van der Waals surface area contributed by atoms with Crippen LogP contribution in [0.4, 0.5) is 20.3 Å². The van der Waals surface area contributed by atoms with Crippen molar-refractivity contribution in [3.05, 3.63) is 83.1 Å². The number of aromatic nitrogens is 1. The Morgan fingerprint density at radius 2 is 1.88 bits per heavy atom. The van der Waals surface area contributed by atoms with Crippen molar-refractivity contribution in [2.24, 2.45) is 0 Å². The van der Waals surface area contributed by atoms with E-state index in [0.717, 1.165) is 30.2 Å². The summed E-state index contributed by atoms with van der Waals surface area (Å²) in [5.41, 5.74) is 2.15. The quantitative estimate of drug-likeness (QED) is 0.515. The molecule has 0 amide bonds. The maximum atomic E-state index is 13.7. The molecule has 1 fully saturated rings. The van der Waals surface area contributed by atoms with Crippen LogP contribution in [0.3, 0.4) is 0 Å². The number of hydrogen-bond donors (Lipinski definition) is 1. The summed E-state index contributed by atoms with van der Waals surface area (Å²) in [5, 5.41) is 14.6. The molecule has 6 nitrogen and oxygen atoms in total. The minimum atomic E-state index is -1.21. The number of fused-ring (bicyclic) bond motifs is 1. The number of carboxylic acid groups (broad SMARTS) is 1. The van der Waals surface area contributed by atoms with E-state index in [1.807, 2.05) is 4.90 Å². The van der Waals surface area contributed by atoms with Crippen molar-refractivity contribution in [1.29, 1.82) is 0 Å². The Balaban J connectivity index is 0.00000259. The summed E-state index contributed by atoms with van der Waals surface area (Å²) in [6.07, 6.45) is 3.40. The van der Waals surface area contributed by atoms with E-state index >= 15 is 0 Å². The molecule has 1 aliphatic heterocycles. The monoisotopic (exact) mass is 475 g/mol. The van der Waals surface area contributed by atoms with Gasteiger partial charge in [0.15, 0.2) is 17.5 Å². The summed E-state index contributed by atoms with van der Waals surface area (Å²) in [6, 6.07) is 12.3. The van der Waals surface area contributed by atoms with Crippen LogP contribution in [0.15, 0.2) is 54.7 Å². The molecule has 1 aromatic heterocycles. The fraction of sp³-hybridized carbons (Fsp3) is 0.250. The van der Waals surface area contributed by atoms with E-state index in [-0.39, 0.29) is 62.5 Å². The number of ether oxygens (including phenoxy) is 1. The third-order valence-electron chi connectivity index (χ3n) is 5.96. The van der Waals surface area contributed by atoms with E-state index in [0.29, 0.717) is 36.8 Å². The van der Waals surface area contributed by atoms with E-state index in [4.69, 9.17) is 4.74 Å². The second-order valence-electron chi connectivity index (χ2n) is 8.10. The number of carboxylic acids is 1. The third-order valence-corrected chi connectivity index (χ3v) is 5.96. The molecule has 33 heavy (non-hydrogen) atoms. The van der Waals surface area contributed by atoms with Gasteiger partial charge in [-0.15, -0.1) is 0 Å². The molecule has 2 aliphatic rings. The number of hydrogen-bond acceptors (Lipinski definition) is 6. The fourth-order valence-electron chi connectivity index (χ4n) is 4.11. The van der Waals surface area contributed by atoms with Gasteiger partial charge < -0.3 is 24.9 Å². The molecule has 0 saturated heterocycles. The van der Waals surface area contributed by atoms with Crippen molar-refractivity contribution in [3.8, 4) is 5.75 Å². The number of carbonyl (C=O) groups is 1. The zero-order chi connectivity index (χ0) is 22.3. The second kappa shape index (κ2) is 9.67. The zero-order valence-corrected chi connectivity index (χ0v) is 21.2. The molecule has 1 saturated carbocycles.